The first-order chi connectivity index (χ1) is 7.20. The lowest BCUT2D eigenvalue weighted by Crippen LogP contribution is -2.34. The zero-order valence-corrected chi connectivity index (χ0v) is 7.94. The highest BCUT2D eigenvalue weighted by Crippen LogP contribution is 2.28. The molecule has 0 fully saturated rings. The Kier molecular flexibility index (Phi) is 2.79. The van der Waals surface area contributed by atoms with Crippen LogP contribution in [0.15, 0.2) is 12.1 Å². The van der Waals surface area contributed by atoms with Gasteiger partial charge in [-0.15, -0.1) is 0 Å². The lowest BCUT2D eigenvalue weighted by molar-refractivity contribution is 0.297. The molecular weight excluding hydrogens is 202 g/mol. The van der Waals surface area contributed by atoms with Gasteiger partial charge in [0.2, 0.25) is 0 Å². The molecule has 1 aliphatic rings. The summed E-state index contributed by atoms with van der Waals surface area (Å²) in [6, 6.07) is 2.55. The van der Waals surface area contributed by atoms with Crippen LogP contribution in [0, 0.1) is 5.82 Å². The Morgan fingerprint density at radius 2 is 1.93 bits per heavy atom. The van der Waals surface area contributed by atoms with Gasteiger partial charge in [-0.1, -0.05) is 0 Å². The van der Waals surface area contributed by atoms with Crippen LogP contribution in [0.2, 0.25) is 0 Å². The number of halogens is 1. The van der Waals surface area contributed by atoms with Crippen LogP contribution in [-0.2, 0) is 0 Å². The molecule has 1 aromatic rings. The van der Waals surface area contributed by atoms with E-state index >= 15 is 0 Å². The molecule has 0 amide bonds. The number of fused-ring (bicyclic) bond motifs is 1. The summed E-state index contributed by atoms with van der Waals surface area (Å²) in [5.74, 6) is -0.284. The van der Waals surface area contributed by atoms with E-state index in [1.807, 2.05) is 0 Å². The predicted molar refractivity (Wildman–Crippen MR) is 51.8 cm³/mol. The van der Waals surface area contributed by atoms with E-state index in [9.17, 15) is 4.39 Å². The highest BCUT2D eigenvalue weighted by atomic mass is 19.1. The Morgan fingerprint density at radius 1 is 1.20 bits per heavy atom. The molecule has 0 unspecified atom stereocenters. The third-order valence-electron chi connectivity index (χ3n) is 2.16. The third kappa shape index (κ3) is 1.91. The normalized spacial score (nSPS) is 14.6. The highest BCUT2D eigenvalue weighted by Gasteiger charge is 2.26. The maximum absolute atomic E-state index is 13.3. The second-order valence-corrected chi connectivity index (χ2v) is 3.21. The van der Waals surface area contributed by atoms with E-state index in [4.69, 9.17) is 19.5 Å². The molecule has 6 heteroatoms. The predicted octanol–water partition coefficient (Wildman–Crippen LogP) is -0.333. The summed E-state index contributed by atoms with van der Waals surface area (Å²) in [5.41, 5.74) is -0.269. The molecule has 0 saturated heterocycles. The second-order valence-electron chi connectivity index (χ2n) is 3.21. The van der Waals surface area contributed by atoms with Crippen LogP contribution in [-0.4, -0.2) is 30.4 Å². The summed E-state index contributed by atoms with van der Waals surface area (Å²) in [6.45, 7) is 0.843. The molecule has 2 rings (SSSR count). The van der Waals surface area contributed by atoms with Crippen molar-refractivity contribution in [2.75, 3.05) is 13.2 Å². The maximum atomic E-state index is 13.3. The van der Waals surface area contributed by atoms with Crippen molar-refractivity contribution in [3.05, 3.63) is 17.9 Å². The molecule has 0 radical (unpaired) electrons. The van der Waals surface area contributed by atoms with Crippen molar-refractivity contribution < 1.29 is 23.9 Å². The topological polar surface area (TPSA) is 58.9 Å². The number of hydrogen-bond acceptors (Lipinski definition) is 4. The number of rotatable bonds is 1. The van der Waals surface area contributed by atoms with Gasteiger partial charge in [0.15, 0.2) is 11.5 Å². The summed E-state index contributed by atoms with van der Waals surface area (Å²) >= 11 is 0. The SMILES string of the molecule is OB(O)c1c(F)ccc2c1OCCCO2. The molecule has 4 nitrogen and oxygen atoms in total. The summed E-state index contributed by atoms with van der Waals surface area (Å²) in [7, 11) is -1.90. The number of benzene rings is 1. The Balaban J connectivity index is 2.51. The van der Waals surface area contributed by atoms with Gasteiger partial charge >= 0.3 is 7.12 Å². The smallest absolute Gasteiger partial charge is 0.490 e. The van der Waals surface area contributed by atoms with Crippen molar-refractivity contribution in [2.45, 2.75) is 6.42 Å². The van der Waals surface area contributed by atoms with E-state index in [-0.39, 0.29) is 11.2 Å². The van der Waals surface area contributed by atoms with Crippen LogP contribution in [0.5, 0.6) is 11.5 Å². The van der Waals surface area contributed by atoms with E-state index < -0.39 is 12.9 Å². The Morgan fingerprint density at radius 3 is 2.67 bits per heavy atom. The molecule has 1 aliphatic heterocycles. The molecule has 1 heterocycles. The summed E-state index contributed by atoms with van der Waals surface area (Å²) in [4.78, 5) is 0. The van der Waals surface area contributed by atoms with Crippen molar-refractivity contribution in [1.29, 1.82) is 0 Å². The molecular formula is C9H10BFO4. The van der Waals surface area contributed by atoms with Gasteiger partial charge in [-0.3, -0.25) is 0 Å². The van der Waals surface area contributed by atoms with Gasteiger partial charge < -0.3 is 19.5 Å². The van der Waals surface area contributed by atoms with Gasteiger partial charge in [0.25, 0.3) is 0 Å². The first-order valence-electron chi connectivity index (χ1n) is 4.64. The fraction of sp³-hybridized carbons (Fsp3) is 0.333. The highest BCUT2D eigenvalue weighted by molar-refractivity contribution is 6.60. The Hall–Kier alpha value is -1.27. The van der Waals surface area contributed by atoms with E-state index in [1.54, 1.807) is 0 Å². The fourth-order valence-corrected chi connectivity index (χ4v) is 1.47. The van der Waals surface area contributed by atoms with Crippen molar-refractivity contribution in [1.82, 2.24) is 0 Å². The van der Waals surface area contributed by atoms with E-state index in [0.29, 0.717) is 25.4 Å². The molecule has 0 saturated carbocycles. The van der Waals surface area contributed by atoms with E-state index in [0.717, 1.165) is 6.07 Å². The van der Waals surface area contributed by atoms with Gasteiger partial charge in [0.05, 0.1) is 18.7 Å². The maximum Gasteiger partial charge on any atom is 0.495 e. The van der Waals surface area contributed by atoms with Crippen molar-refractivity contribution in [2.24, 2.45) is 0 Å². The van der Waals surface area contributed by atoms with Crippen LogP contribution in [0.1, 0.15) is 6.42 Å². The monoisotopic (exact) mass is 212 g/mol. The largest absolute Gasteiger partial charge is 0.495 e. The first kappa shape index (κ1) is 10.3. The summed E-state index contributed by atoms with van der Waals surface area (Å²) in [6.07, 6.45) is 0.678. The molecule has 2 N–H and O–H groups in total. The average molecular weight is 212 g/mol. The minimum absolute atomic E-state index is 0.0856. The van der Waals surface area contributed by atoms with Crippen LogP contribution in [0.25, 0.3) is 0 Å². The summed E-state index contributed by atoms with van der Waals surface area (Å²) < 4.78 is 23.8. The fourth-order valence-electron chi connectivity index (χ4n) is 1.47. The molecule has 15 heavy (non-hydrogen) atoms. The average Bonchev–Trinajstić information content (AvgIpc) is 2.41. The first-order valence-corrected chi connectivity index (χ1v) is 4.64. The standard InChI is InChI=1S/C9H10BFO4/c11-6-2-3-7-9(8(6)10(12)13)15-5-1-4-14-7/h2-3,12-13H,1,4-5H2. The number of ether oxygens (including phenoxy) is 2. The van der Waals surface area contributed by atoms with Crippen molar-refractivity contribution in [3.63, 3.8) is 0 Å². The van der Waals surface area contributed by atoms with Crippen LogP contribution < -0.4 is 14.9 Å². The van der Waals surface area contributed by atoms with E-state index in [2.05, 4.69) is 0 Å². The molecule has 0 bridgehead atoms. The Labute approximate surface area is 86.4 Å². The molecule has 1 aromatic carbocycles. The number of hydrogen-bond donors (Lipinski definition) is 2. The third-order valence-corrected chi connectivity index (χ3v) is 2.16. The molecule has 0 spiro atoms. The molecule has 0 aliphatic carbocycles. The molecule has 80 valence electrons. The van der Waals surface area contributed by atoms with Gasteiger partial charge in [-0.05, 0) is 12.1 Å². The minimum Gasteiger partial charge on any atom is -0.490 e. The quantitative estimate of drug-likeness (QED) is 0.625. The van der Waals surface area contributed by atoms with E-state index in [1.165, 1.54) is 6.07 Å². The molecule has 0 atom stereocenters. The lowest BCUT2D eigenvalue weighted by atomic mass is 9.79. The van der Waals surface area contributed by atoms with Crippen molar-refractivity contribution >= 4 is 12.6 Å². The zero-order chi connectivity index (χ0) is 10.8. The van der Waals surface area contributed by atoms with Gasteiger partial charge in [-0.2, -0.15) is 0 Å². The summed E-state index contributed by atoms with van der Waals surface area (Å²) in [5, 5.41) is 18.1. The van der Waals surface area contributed by atoms with Crippen LogP contribution in [0.3, 0.4) is 0 Å². The van der Waals surface area contributed by atoms with Crippen LogP contribution in [0.4, 0.5) is 4.39 Å². The molecule has 0 aromatic heterocycles. The van der Waals surface area contributed by atoms with Crippen molar-refractivity contribution in [3.8, 4) is 11.5 Å². The van der Waals surface area contributed by atoms with Gasteiger partial charge in [0, 0.05) is 6.42 Å². The lowest BCUT2D eigenvalue weighted by Gasteiger charge is -2.12. The van der Waals surface area contributed by atoms with Crippen LogP contribution >= 0.6 is 0 Å². The second kappa shape index (κ2) is 4.08. The van der Waals surface area contributed by atoms with Gasteiger partial charge in [0.1, 0.15) is 5.82 Å². The van der Waals surface area contributed by atoms with Gasteiger partial charge in [-0.25, -0.2) is 4.39 Å². The minimum atomic E-state index is -1.90. The Bertz CT molecular complexity index is 369. The zero-order valence-electron chi connectivity index (χ0n) is 7.94.